The molecule has 1 aromatic carbocycles. The van der Waals surface area contributed by atoms with Crippen LogP contribution in [0.3, 0.4) is 0 Å². The van der Waals surface area contributed by atoms with Gasteiger partial charge in [-0.2, -0.15) is 0 Å². The summed E-state index contributed by atoms with van der Waals surface area (Å²) in [6.07, 6.45) is 1.23. The molecule has 1 saturated heterocycles. The monoisotopic (exact) mass is 553 g/mol. The molecule has 1 heterocycles. The highest BCUT2D eigenvalue weighted by Crippen LogP contribution is 2.35. The highest BCUT2D eigenvalue weighted by Gasteiger charge is 2.47. The van der Waals surface area contributed by atoms with Gasteiger partial charge < -0.3 is 4.74 Å². The second kappa shape index (κ2) is 11.2. The molecule has 1 saturated carbocycles. The lowest BCUT2D eigenvalue weighted by atomic mass is 9.89. The number of aryl methyl sites for hydroxylation is 1. The van der Waals surface area contributed by atoms with E-state index < -0.39 is 56.1 Å². The van der Waals surface area contributed by atoms with Gasteiger partial charge in [-0.3, -0.25) is 19.3 Å². The zero-order chi connectivity index (χ0) is 27.7. The summed E-state index contributed by atoms with van der Waals surface area (Å²) in [6.45, 7) is 8.19. The lowest BCUT2D eigenvalue weighted by molar-refractivity contribution is -0.140. The van der Waals surface area contributed by atoms with Crippen molar-refractivity contribution in [1.29, 1.82) is 0 Å². The van der Waals surface area contributed by atoms with Gasteiger partial charge >= 0.3 is 6.09 Å². The van der Waals surface area contributed by atoms with Crippen molar-refractivity contribution >= 4 is 44.9 Å². The summed E-state index contributed by atoms with van der Waals surface area (Å²) in [5.74, 6) is -2.02. The van der Waals surface area contributed by atoms with E-state index >= 15 is 0 Å². The van der Waals surface area contributed by atoms with Crippen LogP contribution in [0.15, 0.2) is 23.1 Å². The molecule has 1 aliphatic heterocycles. The van der Waals surface area contributed by atoms with Crippen LogP contribution in [-0.2, 0) is 29.0 Å². The van der Waals surface area contributed by atoms with Gasteiger partial charge in [0.05, 0.1) is 16.2 Å². The molecule has 0 spiro atoms. The Morgan fingerprint density at radius 2 is 1.81 bits per heavy atom. The highest BCUT2D eigenvalue weighted by molar-refractivity contribution is 7.92. The average molecular weight is 554 g/mol. The summed E-state index contributed by atoms with van der Waals surface area (Å²) in [4.78, 5) is 52.9. The third-order valence-corrected chi connectivity index (χ3v) is 9.43. The first-order valence-electron chi connectivity index (χ1n) is 12.7. The standard InChI is InChI=1S/C27H36ClNO7S/c1-6-18(25(32)23(31)12-17-7-8-17)13-22(30)21-14-20(15-29(21)26(33)36-27(3,4)5)37(34,35)24-10-9-19(28)11-16(24)2/h9-11,17-18,20-21H,6-8,12-15H2,1-5H3/t18-,20-,21+/m1/s1. The summed E-state index contributed by atoms with van der Waals surface area (Å²) < 4.78 is 32.6. The Kier molecular flexibility index (Phi) is 8.90. The van der Waals surface area contributed by atoms with Crippen LogP contribution in [0.1, 0.15) is 71.8 Å². The molecule has 3 rings (SSSR count). The highest BCUT2D eigenvalue weighted by atomic mass is 35.5. The molecule has 1 aromatic rings. The molecule has 204 valence electrons. The number of likely N-dealkylation sites (tertiary alicyclic amines) is 1. The Morgan fingerprint density at radius 3 is 2.35 bits per heavy atom. The predicted octanol–water partition coefficient (Wildman–Crippen LogP) is 4.72. The van der Waals surface area contributed by atoms with Crippen LogP contribution >= 0.6 is 11.6 Å². The number of rotatable bonds is 10. The van der Waals surface area contributed by atoms with E-state index in [2.05, 4.69) is 0 Å². The van der Waals surface area contributed by atoms with Gasteiger partial charge in [0.15, 0.2) is 21.4 Å². The number of benzene rings is 1. The van der Waals surface area contributed by atoms with Gasteiger partial charge in [0.1, 0.15) is 5.60 Å². The molecule has 0 unspecified atom stereocenters. The van der Waals surface area contributed by atoms with Gasteiger partial charge in [0, 0.05) is 30.3 Å². The summed E-state index contributed by atoms with van der Waals surface area (Å²) in [5.41, 5.74) is -0.386. The number of hydrogen-bond donors (Lipinski definition) is 0. The van der Waals surface area contributed by atoms with Crippen molar-refractivity contribution in [2.75, 3.05) is 6.54 Å². The first-order chi connectivity index (χ1) is 17.1. The van der Waals surface area contributed by atoms with Crippen LogP contribution in [0, 0.1) is 18.8 Å². The number of carbonyl (C=O) groups is 4. The Bertz CT molecular complexity index is 1180. The van der Waals surface area contributed by atoms with Crippen molar-refractivity contribution in [2.45, 2.75) is 94.9 Å². The number of ether oxygens (including phenoxy) is 1. The van der Waals surface area contributed by atoms with Crippen molar-refractivity contribution < 1.29 is 32.3 Å². The molecule has 0 N–H and O–H groups in total. The molecule has 1 aliphatic carbocycles. The predicted molar refractivity (Wildman–Crippen MR) is 139 cm³/mol. The average Bonchev–Trinajstić information content (AvgIpc) is 3.47. The van der Waals surface area contributed by atoms with E-state index in [1.807, 2.05) is 0 Å². The van der Waals surface area contributed by atoms with Gasteiger partial charge in [0.2, 0.25) is 5.78 Å². The molecular formula is C27H36ClNO7S. The minimum absolute atomic E-state index is 0.0893. The van der Waals surface area contributed by atoms with Gasteiger partial charge in [-0.1, -0.05) is 18.5 Å². The van der Waals surface area contributed by atoms with E-state index in [0.29, 0.717) is 17.0 Å². The summed E-state index contributed by atoms with van der Waals surface area (Å²) in [7, 11) is -3.91. The first kappa shape index (κ1) is 29.3. The summed E-state index contributed by atoms with van der Waals surface area (Å²) in [6, 6.07) is 3.38. The van der Waals surface area contributed by atoms with E-state index in [0.717, 1.165) is 17.7 Å². The lowest BCUT2D eigenvalue weighted by Gasteiger charge is -2.28. The molecule has 0 radical (unpaired) electrons. The molecule has 37 heavy (non-hydrogen) atoms. The third-order valence-electron chi connectivity index (χ3n) is 6.90. The largest absolute Gasteiger partial charge is 0.444 e. The van der Waals surface area contributed by atoms with Gasteiger partial charge in [-0.25, -0.2) is 13.2 Å². The van der Waals surface area contributed by atoms with Crippen molar-refractivity contribution in [1.82, 2.24) is 4.90 Å². The van der Waals surface area contributed by atoms with E-state index in [4.69, 9.17) is 16.3 Å². The fourth-order valence-electron chi connectivity index (χ4n) is 4.68. The molecular weight excluding hydrogens is 518 g/mol. The number of Topliss-reactive ketones (excluding diaryl/α,β-unsaturated/α-hetero) is 3. The zero-order valence-corrected chi connectivity index (χ0v) is 23.7. The summed E-state index contributed by atoms with van der Waals surface area (Å²) >= 11 is 6.00. The fourth-order valence-corrected chi connectivity index (χ4v) is 6.82. The van der Waals surface area contributed by atoms with Crippen molar-refractivity contribution in [3.63, 3.8) is 0 Å². The lowest BCUT2D eigenvalue weighted by Crippen LogP contribution is -2.44. The molecule has 3 atom stereocenters. The smallest absolute Gasteiger partial charge is 0.410 e. The molecule has 0 aromatic heterocycles. The van der Waals surface area contributed by atoms with Gasteiger partial charge in [-0.15, -0.1) is 0 Å². The molecule has 10 heteroatoms. The SMILES string of the molecule is CC[C@H](CC(=O)[C@@H]1C[C@@H](S(=O)(=O)c2ccc(Cl)cc2C)CN1C(=O)OC(C)(C)C)C(=O)C(=O)CC1CC1. The molecule has 0 bridgehead atoms. The topological polar surface area (TPSA) is 115 Å². The van der Waals surface area contributed by atoms with E-state index in [9.17, 15) is 27.6 Å². The number of hydrogen-bond acceptors (Lipinski definition) is 7. The van der Waals surface area contributed by atoms with E-state index in [-0.39, 0.29) is 36.6 Å². The van der Waals surface area contributed by atoms with Crippen LogP contribution in [0.4, 0.5) is 4.79 Å². The quantitative estimate of drug-likeness (QED) is 0.385. The van der Waals surface area contributed by atoms with E-state index in [1.54, 1.807) is 40.7 Å². The number of nitrogens with zero attached hydrogens (tertiary/aromatic N) is 1. The minimum atomic E-state index is -3.91. The van der Waals surface area contributed by atoms with Crippen molar-refractivity contribution in [2.24, 2.45) is 11.8 Å². The maximum atomic E-state index is 13.5. The number of carbonyl (C=O) groups excluding carboxylic acids is 4. The Balaban J connectivity index is 1.85. The van der Waals surface area contributed by atoms with Crippen LogP contribution in [0.2, 0.25) is 5.02 Å². The normalized spacial score (nSPS) is 21.0. The second-order valence-electron chi connectivity index (χ2n) is 11.2. The summed E-state index contributed by atoms with van der Waals surface area (Å²) in [5, 5.41) is -0.640. The zero-order valence-electron chi connectivity index (χ0n) is 22.1. The Hall–Kier alpha value is -2.26. The van der Waals surface area contributed by atoms with Crippen LogP contribution in [0.25, 0.3) is 0 Å². The molecule has 8 nitrogen and oxygen atoms in total. The van der Waals surface area contributed by atoms with Crippen molar-refractivity contribution in [3.8, 4) is 0 Å². The number of halogens is 1. The maximum Gasteiger partial charge on any atom is 0.410 e. The van der Waals surface area contributed by atoms with Crippen LogP contribution in [0.5, 0.6) is 0 Å². The van der Waals surface area contributed by atoms with Crippen LogP contribution < -0.4 is 0 Å². The Labute approximate surface area is 224 Å². The third kappa shape index (κ3) is 7.19. The fraction of sp³-hybridized carbons (Fsp3) is 0.630. The van der Waals surface area contributed by atoms with E-state index in [1.165, 1.54) is 12.1 Å². The molecule has 2 fully saturated rings. The number of sulfone groups is 1. The maximum absolute atomic E-state index is 13.5. The van der Waals surface area contributed by atoms with Gasteiger partial charge in [0.25, 0.3) is 0 Å². The van der Waals surface area contributed by atoms with Crippen LogP contribution in [-0.4, -0.2) is 60.2 Å². The molecule has 1 amide bonds. The van der Waals surface area contributed by atoms with Crippen molar-refractivity contribution in [3.05, 3.63) is 28.8 Å². The Morgan fingerprint density at radius 1 is 1.16 bits per heavy atom. The molecule has 2 aliphatic rings. The number of ketones is 3. The van der Waals surface area contributed by atoms with Gasteiger partial charge in [-0.05, 0) is 83.1 Å². The first-order valence-corrected chi connectivity index (χ1v) is 14.7. The number of amides is 1. The minimum Gasteiger partial charge on any atom is -0.444 e. The second-order valence-corrected chi connectivity index (χ2v) is 13.8.